The van der Waals surface area contributed by atoms with E-state index >= 15 is 0 Å². The molecule has 134 valence electrons. The number of piperazine rings is 1. The number of hydrogen-bond acceptors (Lipinski definition) is 5. The number of aromatic nitrogens is 1. The third kappa shape index (κ3) is 3.34. The fourth-order valence-corrected chi connectivity index (χ4v) is 3.64. The van der Waals surface area contributed by atoms with E-state index in [9.17, 15) is 9.59 Å². The van der Waals surface area contributed by atoms with E-state index in [1.54, 1.807) is 4.57 Å². The molecule has 1 unspecified atom stereocenters. The summed E-state index contributed by atoms with van der Waals surface area (Å²) in [6, 6.07) is 7.48. The van der Waals surface area contributed by atoms with Crippen molar-refractivity contribution < 1.29 is 13.9 Å². The van der Waals surface area contributed by atoms with Gasteiger partial charge in [0.15, 0.2) is 5.58 Å². The maximum absolute atomic E-state index is 12.4. The first-order valence-corrected chi connectivity index (χ1v) is 8.93. The van der Waals surface area contributed by atoms with Crippen LogP contribution in [0.15, 0.2) is 33.5 Å². The van der Waals surface area contributed by atoms with Crippen LogP contribution in [0.25, 0.3) is 11.1 Å². The molecule has 7 heteroatoms. The minimum absolute atomic E-state index is 0.134. The lowest BCUT2D eigenvalue weighted by molar-refractivity contribution is -0.142. The number of ether oxygens (including phenoxy) is 1. The number of carbonyl (C=O) groups excluding carboxylic acids is 1. The number of fused-ring (bicyclic) bond motifs is 1. The first-order valence-electron chi connectivity index (χ1n) is 8.93. The van der Waals surface area contributed by atoms with Crippen LogP contribution in [0.1, 0.15) is 12.8 Å². The number of hydrogen-bond donors (Lipinski definition) is 0. The van der Waals surface area contributed by atoms with Crippen molar-refractivity contribution in [1.29, 1.82) is 0 Å². The largest absolute Gasteiger partial charge is 0.419 e. The molecular weight excluding hydrogens is 322 g/mol. The van der Waals surface area contributed by atoms with Crippen LogP contribution in [0.2, 0.25) is 0 Å². The van der Waals surface area contributed by atoms with Gasteiger partial charge in [-0.25, -0.2) is 4.79 Å². The highest BCUT2D eigenvalue weighted by molar-refractivity contribution is 5.81. The van der Waals surface area contributed by atoms with Gasteiger partial charge in [-0.05, 0) is 25.0 Å². The number of para-hydroxylation sites is 2. The summed E-state index contributed by atoms with van der Waals surface area (Å²) >= 11 is 0. The number of nitrogens with zero attached hydrogens (tertiary/aromatic N) is 3. The van der Waals surface area contributed by atoms with Crippen molar-refractivity contribution in [3.63, 3.8) is 0 Å². The average Bonchev–Trinajstić information content (AvgIpc) is 3.27. The van der Waals surface area contributed by atoms with Crippen molar-refractivity contribution in [3.8, 4) is 0 Å². The summed E-state index contributed by atoms with van der Waals surface area (Å²) in [6.07, 6.45) is 1.58. The first-order chi connectivity index (χ1) is 12.2. The van der Waals surface area contributed by atoms with E-state index in [4.69, 9.17) is 9.15 Å². The van der Waals surface area contributed by atoms with Gasteiger partial charge in [0.25, 0.3) is 5.91 Å². The molecule has 1 aromatic heterocycles. The monoisotopic (exact) mass is 345 g/mol. The maximum Gasteiger partial charge on any atom is 0.419 e. The lowest BCUT2D eigenvalue weighted by atomic mass is 10.2. The van der Waals surface area contributed by atoms with Crippen molar-refractivity contribution in [3.05, 3.63) is 34.8 Å². The Labute approximate surface area is 145 Å². The first kappa shape index (κ1) is 16.4. The predicted octanol–water partition coefficient (Wildman–Crippen LogP) is 0.918. The van der Waals surface area contributed by atoms with Gasteiger partial charge in [0.2, 0.25) is 0 Å². The highest BCUT2D eigenvalue weighted by Gasteiger charge is 2.30. The second-order valence-corrected chi connectivity index (χ2v) is 6.66. The summed E-state index contributed by atoms with van der Waals surface area (Å²) in [6.45, 7) is 5.15. The molecule has 25 heavy (non-hydrogen) atoms. The van der Waals surface area contributed by atoms with Crippen LogP contribution in [-0.4, -0.2) is 65.7 Å². The van der Waals surface area contributed by atoms with Gasteiger partial charge in [-0.15, -0.1) is 0 Å². The standard InChI is InChI=1S/C18H23N3O4/c22-17(16-6-3-13-24-16)20-10-7-19(8-11-20)9-12-21-14-4-1-2-5-15(14)25-18(21)23/h1-2,4-5,16H,3,6-13H2. The molecule has 2 fully saturated rings. The Bertz CT molecular complexity index is 798. The van der Waals surface area contributed by atoms with Gasteiger partial charge < -0.3 is 14.1 Å². The molecule has 2 aliphatic heterocycles. The molecule has 0 radical (unpaired) electrons. The van der Waals surface area contributed by atoms with Crippen molar-refractivity contribution in [1.82, 2.24) is 14.4 Å². The fourth-order valence-electron chi connectivity index (χ4n) is 3.64. The summed E-state index contributed by atoms with van der Waals surface area (Å²) in [5.41, 5.74) is 1.46. The fraction of sp³-hybridized carbons (Fsp3) is 0.556. The van der Waals surface area contributed by atoms with Crippen LogP contribution < -0.4 is 5.76 Å². The normalized spacial score (nSPS) is 21.9. The third-order valence-electron chi connectivity index (χ3n) is 5.10. The smallest absolute Gasteiger partial charge is 0.408 e. The Balaban J connectivity index is 1.32. The lowest BCUT2D eigenvalue weighted by Gasteiger charge is -2.35. The summed E-state index contributed by atoms with van der Waals surface area (Å²) in [7, 11) is 0. The molecule has 7 nitrogen and oxygen atoms in total. The van der Waals surface area contributed by atoms with E-state index in [1.807, 2.05) is 29.2 Å². The van der Waals surface area contributed by atoms with Gasteiger partial charge in [0.05, 0.1) is 5.52 Å². The zero-order valence-electron chi connectivity index (χ0n) is 14.2. The second-order valence-electron chi connectivity index (χ2n) is 6.66. The van der Waals surface area contributed by atoms with E-state index < -0.39 is 0 Å². The molecular formula is C18H23N3O4. The molecule has 3 heterocycles. The van der Waals surface area contributed by atoms with E-state index in [1.165, 1.54) is 0 Å². The van der Waals surface area contributed by atoms with Crippen LogP contribution in [-0.2, 0) is 16.1 Å². The highest BCUT2D eigenvalue weighted by Crippen LogP contribution is 2.16. The number of oxazole rings is 1. The molecule has 2 aliphatic rings. The SMILES string of the molecule is O=C(C1CCCO1)N1CCN(CCn2c(=O)oc3ccccc32)CC1. The molecule has 0 aliphatic carbocycles. The zero-order valence-corrected chi connectivity index (χ0v) is 14.2. The van der Waals surface area contributed by atoms with Crippen LogP contribution in [0.3, 0.4) is 0 Å². The van der Waals surface area contributed by atoms with E-state index in [0.717, 1.165) is 51.1 Å². The Morgan fingerprint density at radius 3 is 2.68 bits per heavy atom. The molecule has 4 rings (SSSR count). The number of benzene rings is 1. The molecule has 2 aromatic rings. The minimum atomic E-state index is -0.312. The molecule has 0 saturated carbocycles. The number of amides is 1. The predicted molar refractivity (Wildman–Crippen MR) is 92.5 cm³/mol. The Hall–Kier alpha value is -2.12. The van der Waals surface area contributed by atoms with Crippen molar-refractivity contribution in [2.45, 2.75) is 25.5 Å². The van der Waals surface area contributed by atoms with Crippen molar-refractivity contribution >= 4 is 17.0 Å². The van der Waals surface area contributed by atoms with E-state index in [2.05, 4.69) is 4.90 Å². The molecule has 1 atom stereocenters. The van der Waals surface area contributed by atoms with Crippen LogP contribution >= 0.6 is 0 Å². The Morgan fingerprint density at radius 2 is 1.92 bits per heavy atom. The molecule has 1 amide bonds. The van der Waals surface area contributed by atoms with Gasteiger partial charge in [0, 0.05) is 45.9 Å². The van der Waals surface area contributed by atoms with Gasteiger partial charge in [-0.3, -0.25) is 14.3 Å². The highest BCUT2D eigenvalue weighted by atomic mass is 16.5. The van der Waals surface area contributed by atoms with Crippen molar-refractivity contribution in [2.75, 3.05) is 39.3 Å². The zero-order chi connectivity index (χ0) is 17.2. The minimum Gasteiger partial charge on any atom is -0.408 e. The molecule has 1 aromatic carbocycles. The lowest BCUT2D eigenvalue weighted by Crippen LogP contribution is -2.51. The van der Waals surface area contributed by atoms with Crippen LogP contribution in [0, 0.1) is 0 Å². The Morgan fingerprint density at radius 1 is 1.12 bits per heavy atom. The van der Waals surface area contributed by atoms with Gasteiger partial charge in [-0.2, -0.15) is 0 Å². The van der Waals surface area contributed by atoms with Crippen molar-refractivity contribution in [2.24, 2.45) is 0 Å². The molecule has 0 N–H and O–H groups in total. The summed E-state index contributed by atoms with van der Waals surface area (Å²) < 4.78 is 12.4. The van der Waals surface area contributed by atoms with Gasteiger partial charge in [0.1, 0.15) is 6.10 Å². The van der Waals surface area contributed by atoms with Crippen LogP contribution in [0.5, 0.6) is 0 Å². The molecule has 0 bridgehead atoms. The summed E-state index contributed by atoms with van der Waals surface area (Å²) in [5.74, 6) is -0.178. The molecule has 2 saturated heterocycles. The van der Waals surface area contributed by atoms with Gasteiger partial charge >= 0.3 is 5.76 Å². The Kier molecular flexibility index (Phi) is 4.59. The van der Waals surface area contributed by atoms with E-state index in [0.29, 0.717) is 18.7 Å². The van der Waals surface area contributed by atoms with Crippen LogP contribution in [0.4, 0.5) is 0 Å². The summed E-state index contributed by atoms with van der Waals surface area (Å²) in [4.78, 5) is 28.6. The summed E-state index contributed by atoms with van der Waals surface area (Å²) in [5, 5.41) is 0. The second kappa shape index (κ2) is 7.01. The third-order valence-corrected chi connectivity index (χ3v) is 5.10. The van der Waals surface area contributed by atoms with E-state index in [-0.39, 0.29) is 17.8 Å². The van der Waals surface area contributed by atoms with Gasteiger partial charge in [-0.1, -0.05) is 12.1 Å². The number of carbonyl (C=O) groups is 1. The number of rotatable bonds is 4. The average molecular weight is 345 g/mol. The topological polar surface area (TPSA) is 67.9 Å². The maximum atomic E-state index is 12.4. The quantitative estimate of drug-likeness (QED) is 0.824. The molecule has 0 spiro atoms.